The van der Waals surface area contributed by atoms with Crippen LogP contribution in [0.4, 0.5) is 8.78 Å². The molecular formula is C11H8F2N2. The summed E-state index contributed by atoms with van der Waals surface area (Å²) in [6.45, 7) is 1.78. The van der Waals surface area contributed by atoms with Crippen molar-refractivity contribution in [2.75, 3.05) is 0 Å². The molecule has 0 saturated heterocycles. The number of nitrogens with zero attached hydrogens (tertiary/aromatic N) is 2. The third-order valence-electron chi connectivity index (χ3n) is 2.01. The molecule has 0 saturated carbocycles. The van der Waals surface area contributed by atoms with Crippen LogP contribution in [0.15, 0.2) is 30.6 Å². The molecule has 2 aromatic rings. The van der Waals surface area contributed by atoms with E-state index in [-0.39, 0.29) is 5.56 Å². The second kappa shape index (κ2) is 3.73. The average molecular weight is 206 g/mol. The van der Waals surface area contributed by atoms with Gasteiger partial charge in [-0.25, -0.2) is 18.7 Å². The summed E-state index contributed by atoms with van der Waals surface area (Å²) in [6, 6.07) is 5.06. The maximum atomic E-state index is 13.4. The van der Waals surface area contributed by atoms with Gasteiger partial charge in [0.05, 0.1) is 5.69 Å². The van der Waals surface area contributed by atoms with Gasteiger partial charge in [0.1, 0.15) is 18.0 Å². The van der Waals surface area contributed by atoms with E-state index in [9.17, 15) is 8.78 Å². The molecule has 1 heterocycles. The zero-order valence-corrected chi connectivity index (χ0v) is 8.04. The number of hydrogen-bond donors (Lipinski definition) is 0. The van der Waals surface area contributed by atoms with Crippen LogP contribution in [0, 0.1) is 18.6 Å². The van der Waals surface area contributed by atoms with Crippen molar-refractivity contribution in [3.63, 3.8) is 0 Å². The molecule has 1 aromatic carbocycles. The summed E-state index contributed by atoms with van der Waals surface area (Å²) >= 11 is 0. The molecule has 0 aliphatic heterocycles. The van der Waals surface area contributed by atoms with Crippen LogP contribution < -0.4 is 0 Å². The fourth-order valence-electron chi connectivity index (χ4n) is 1.30. The number of aryl methyl sites for hydroxylation is 1. The van der Waals surface area contributed by atoms with E-state index in [0.717, 1.165) is 11.8 Å². The monoisotopic (exact) mass is 206 g/mol. The third kappa shape index (κ3) is 1.98. The first-order valence-corrected chi connectivity index (χ1v) is 4.41. The molecule has 0 atom stereocenters. The molecule has 0 radical (unpaired) electrons. The summed E-state index contributed by atoms with van der Waals surface area (Å²) in [7, 11) is 0. The topological polar surface area (TPSA) is 25.8 Å². The molecule has 0 unspecified atom stereocenters. The Hall–Kier alpha value is -1.84. The fourth-order valence-corrected chi connectivity index (χ4v) is 1.30. The van der Waals surface area contributed by atoms with E-state index in [1.165, 1.54) is 18.5 Å². The highest BCUT2D eigenvalue weighted by molar-refractivity contribution is 5.59. The van der Waals surface area contributed by atoms with Crippen LogP contribution in [0.5, 0.6) is 0 Å². The average Bonchev–Trinajstić information content (AvgIpc) is 2.17. The van der Waals surface area contributed by atoms with Gasteiger partial charge in [-0.3, -0.25) is 0 Å². The van der Waals surface area contributed by atoms with E-state index >= 15 is 0 Å². The number of hydrogen-bond acceptors (Lipinski definition) is 2. The maximum Gasteiger partial charge on any atom is 0.135 e. The molecule has 2 nitrogen and oxygen atoms in total. The Labute approximate surface area is 85.6 Å². The number of aromatic nitrogens is 2. The largest absolute Gasteiger partial charge is 0.242 e. The van der Waals surface area contributed by atoms with Gasteiger partial charge in [-0.05, 0) is 25.1 Å². The predicted molar refractivity (Wildman–Crippen MR) is 52.1 cm³/mol. The van der Waals surface area contributed by atoms with Crippen molar-refractivity contribution in [3.8, 4) is 11.3 Å². The van der Waals surface area contributed by atoms with Gasteiger partial charge in [0.2, 0.25) is 0 Å². The van der Waals surface area contributed by atoms with Gasteiger partial charge in [0, 0.05) is 17.3 Å². The molecule has 0 aliphatic carbocycles. The molecule has 0 bridgehead atoms. The molecular weight excluding hydrogens is 198 g/mol. The van der Waals surface area contributed by atoms with E-state index in [2.05, 4.69) is 9.97 Å². The van der Waals surface area contributed by atoms with Crippen LogP contribution in [-0.2, 0) is 0 Å². The molecule has 15 heavy (non-hydrogen) atoms. The summed E-state index contributed by atoms with van der Waals surface area (Å²) in [5.41, 5.74) is 1.48. The Balaban J connectivity index is 2.54. The van der Waals surface area contributed by atoms with Gasteiger partial charge < -0.3 is 0 Å². The zero-order valence-electron chi connectivity index (χ0n) is 8.04. The van der Waals surface area contributed by atoms with E-state index in [4.69, 9.17) is 0 Å². The van der Waals surface area contributed by atoms with E-state index in [0.29, 0.717) is 5.69 Å². The molecule has 0 spiro atoms. The first kappa shape index (κ1) is 9.71. The maximum absolute atomic E-state index is 13.4. The van der Waals surface area contributed by atoms with Crippen LogP contribution in [-0.4, -0.2) is 9.97 Å². The van der Waals surface area contributed by atoms with Gasteiger partial charge in [-0.1, -0.05) is 0 Å². The predicted octanol–water partition coefficient (Wildman–Crippen LogP) is 2.73. The van der Waals surface area contributed by atoms with Crippen molar-refractivity contribution < 1.29 is 8.78 Å². The van der Waals surface area contributed by atoms with Crippen molar-refractivity contribution in [3.05, 3.63) is 47.9 Å². The minimum atomic E-state index is -0.617. The minimum Gasteiger partial charge on any atom is -0.242 e. The Bertz CT molecular complexity index is 498. The lowest BCUT2D eigenvalue weighted by Crippen LogP contribution is -1.91. The molecule has 1 aromatic heterocycles. The molecule has 0 amide bonds. The summed E-state index contributed by atoms with van der Waals surface area (Å²) in [5, 5.41) is 0. The molecule has 2 rings (SSSR count). The SMILES string of the molecule is Cc1cc(-c2ccc(F)cc2F)ncn1. The Kier molecular flexibility index (Phi) is 2.41. The Morgan fingerprint density at radius 2 is 1.87 bits per heavy atom. The van der Waals surface area contributed by atoms with Crippen LogP contribution in [0.3, 0.4) is 0 Å². The van der Waals surface area contributed by atoms with E-state index < -0.39 is 11.6 Å². The number of benzene rings is 1. The Morgan fingerprint density at radius 3 is 2.53 bits per heavy atom. The van der Waals surface area contributed by atoms with Gasteiger partial charge in [-0.2, -0.15) is 0 Å². The molecule has 0 aliphatic rings. The van der Waals surface area contributed by atoms with Crippen LogP contribution in [0.25, 0.3) is 11.3 Å². The van der Waals surface area contributed by atoms with Gasteiger partial charge in [-0.15, -0.1) is 0 Å². The highest BCUT2D eigenvalue weighted by atomic mass is 19.1. The third-order valence-corrected chi connectivity index (χ3v) is 2.01. The molecule has 0 fully saturated rings. The minimum absolute atomic E-state index is 0.280. The summed E-state index contributed by atoms with van der Waals surface area (Å²) < 4.78 is 26.0. The summed E-state index contributed by atoms with van der Waals surface area (Å²) in [5.74, 6) is -1.21. The quantitative estimate of drug-likeness (QED) is 0.716. The summed E-state index contributed by atoms with van der Waals surface area (Å²) in [6.07, 6.45) is 1.35. The van der Waals surface area contributed by atoms with Crippen molar-refractivity contribution >= 4 is 0 Å². The standard InChI is InChI=1S/C11H8F2N2/c1-7-4-11(15-6-14-7)9-3-2-8(12)5-10(9)13/h2-6H,1H3. The molecule has 4 heteroatoms. The van der Waals surface area contributed by atoms with Crippen molar-refractivity contribution in [1.82, 2.24) is 9.97 Å². The second-order valence-corrected chi connectivity index (χ2v) is 3.17. The van der Waals surface area contributed by atoms with Gasteiger partial charge >= 0.3 is 0 Å². The van der Waals surface area contributed by atoms with E-state index in [1.54, 1.807) is 13.0 Å². The van der Waals surface area contributed by atoms with Gasteiger partial charge in [0.15, 0.2) is 0 Å². The van der Waals surface area contributed by atoms with Gasteiger partial charge in [0.25, 0.3) is 0 Å². The highest BCUT2D eigenvalue weighted by Gasteiger charge is 2.07. The lowest BCUT2D eigenvalue weighted by Gasteiger charge is -2.02. The molecule has 76 valence electrons. The highest BCUT2D eigenvalue weighted by Crippen LogP contribution is 2.21. The fraction of sp³-hybridized carbons (Fsp3) is 0.0909. The van der Waals surface area contributed by atoms with Crippen LogP contribution >= 0.6 is 0 Å². The lowest BCUT2D eigenvalue weighted by molar-refractivity contribution is 0.585. The molecule has 0 N–H and O–H groups in total. The first-order valence-electron chi connectivity index (χ1n) is 4.41. The second-order valence-electron chi connectivity index (χ2n) is 3.17. The van der Waals surface area contributed by atoms with Crippen LogP contribution in [0.1, 0.15) is 5.69 Å². The summed E-state index contributed by atoms with van der Waals surface area (Å²) in [4.78, 5) is 7.83. The smallest absolute Gasteiger partial charge is 0.135 e. The van der Waals surface area contributed by atoms with E-state index in [1.807, 2.05) is 0 Å². The lowest BCUT2D eigenvalue weighted by atomic mass is 10.1. The number of rotatable bonds is 1. The van der Waals surface area contributed by atoms with Crippen LogP contribution in [0.2, 0.25) is 0 Å². The zero-order chi connectivity index (χ0) is 10.8. The first-order chi connectivity index (χ1) is 7.16. The van der Waals surface area contributed by atoms with Crippen molar-refractivity contribution in [2.24, 2.45) is 0 Å². The normalized spacial score (nSPS) is 10.3. The number of halogens is 2. The Morgan fingerprint density at radius 1 is 1.07 bits per heavy atom. The van der Waals surface area contributed by atoms with Crippen molar-refractivity contribution in [1.29, 1.82) is 0 Å². The van der Waals surface area contributed by atoms with Crippen molar-refractivity contribution in [2.45, 2.75) is 6.92 Å².